The second-order valence-electron chi connectivity index (χ2n) is 7.34. The van der Waals surface area contributed by atoms with Crippen LogP contribution < -0.4 is 5.43 Å². The minimum absolute atomic E-state index is 0.132. The number of hydrogen-bond donors (Lipinski definition) is 1. The summed E-state index contributed by atoms with van der Waals surface area (Å²) in [7, 11) is -3.57. The Kier molecular flexibility index (Phi) is 5.65. The van der Waals surface area contributed by atoms with Crippen molar-refractivity contribution in [2.75, 3.05) is 13.1 Å². The van der Waals surface area contributed by atoms with E-state index in [0.717, 1.165) is 29.2 Å². The fraction of sp³-hybridized carbons (Fsp3) is 0.217. The van der Waals surface area contributed by atoms with Gasteiger partial charge in [-0.2, -0.15) is 9.41 Å². The molecule has 1 aliphatic rings. The van der Waals surface area contributed by atoms with Crippen molar-refractivity contribution in [3.63, 3.8) is 0 Å². The van der Waals surface area contributed by atoms with Gasteiger partial charge >= 0.3 is 0 Å². The third kappa shape index (κ3) is 4.13. The quantitative estimate of drug-likeness (QED) is 0.503. The molecule has 0 unspecified atom stereocenters. The van der Waals surface area contributed by atoms with Gasteiger partial charge in [-0.3, -0.25) is 4.79 Å². The van der Waals surface area contributed by atoms with Crippen molar-refractivity contribution in [2.45, 2.75) is 24.7 Å². The van der Waals surface area contributed by atoms with Crippen molar-refractivity contribution in [3.05, 3.63) is 77.9 Å². The number of amides is 1. The zero-order valence-corrected chi connectivity index (χ0v) is 17.5. The van der Waals surface area contributed by atoms with E-state index in [1.807, 2.05) is 49.4 Å². The SMILES string of the molecule is CC(=NNC(=O)c1cccc(S(=O)(=O)N2CCCC2)c1)c1ccc2ccccc2c1. The number of rotatable bonds is 5. The van der Waals surface area contributed by atoms with Gasteiger partial charge < -0.3 is 0 Å². The van der Waals surface area contributed by atoms with Gasteiger partial charge in [-0.1, -0.05) is 42.5 Å². The molecule has 6 nitrogen and oxygen atoms in total. The molecule has 1 aliphatic heterocycles. The van der Waals surface area contributed by atoms with Gasteiger partial charge in [0.05, 0.1) is 10.6 Å². The molecule has 0 atom stereocenters. The number of benzene rings is 3. The van der Waals surface area contributed by atoms with Crippen LogP contribution in [0.25, 0.3) is 10.8 Å². The van der Waals surface area contributed by atoms with Gasteiger partial charge in [0.15, 0.2) is 0 Å². The predicted molar refractivity (Wildman–Crippen MR) is 118 cm³/mol. The Labute approximate surface area is 176 Å². The van der Waals surface area contributed by atoms with Crippen LogP contribution in [0.5, 0.6) is 0 Å². The zero-order chi connectivity index (χ0) is 21.1. The number of hydrazone groups is 1. The van der Waals surface area contributed by atoms with Gasteiger partial charge in [-0.05, 0) is 60.4 Å². The van der Waals surface area contributed by atoms with Crippen LogP contribution in [0.4, 0.5) is 0 Å². The number of fused-ring (bicyclic) bond motifs is 1. The summed E-state index contributed by atoms with van der Waals surface area (Å²) in [5.74, 6) is -0.450. The molecule has 0 saturated carbocycles. The lowest BCUT2D eigenvalue weighted by Gasteiger charge is -2.15. The van der Waals surface area contributed by atoms with Gasteiger partial charge in [-0.15, -0.1) is 0 Å². The third-order valence-corrected chi connectivity index (χ3v) is 7.19. The van der Waals surface area contributed by atoms with Crippen molar-refractivity contribution in [3.8, 4) is 0 Å². The number of nitrogens with zero attached hydrogens (tertiary/aromatic N) is 2. The van der Waals surface area contributed by atoms with Crippen molar-refractivity contribution < 1.29 is 13.2 Å². The first-order valence-corrected chi connectivity index (χ1v) is 11.3. The highest BCUT2D eigenvalue weighted by Crippen LogP contribution is 2.21. The van der Waals surface area contributed by atoms with E-state index in [9.17, 15) is 13.2 Å². The average Bonchev–Trinajstić information content (AvgIpc) is 3.33. The van der Waals surface area contributed by atoms with E-state index in [4.69, 9.17) is 0 Å². The molecule has 1 N–H and O–H groups in total. The molecule has 154 valence electrons. The molecule has 1 saturated heterocycles. The lowest BCUT2D eigenvalue weighted by molar-refractivity contribution is 0.0954. The normalized spacial score (nSPS) is 15.4. The second-order valence-corrected chi connectivity index (χ2v) is 9.28. The molecule has 0 aliphatic carbocycles. The van der Waals surface area contributed by atoms with Gasteiger partial charge in [0.2, 0.25) is 10.0 Å². The second kappa shape index (κ2) is 8.38. The van der Waals surface area contributed by atoms with Gasteiger partial charge in [0.25, 0.3) is 5.91 Å². The van der Waals surface area contributed by atoms with Crippen molar-refractivity contribution in [1.29, 1.82) is 0 Å². The molecule has 1 fully saturated rings. The summed E-state index contributed by atoms with van der Waals surface area (Å²) in [5.41, 5.74) is 4.35. The first-order valence-electron chi connectivity index (χ1n) is 9.89. The summed E-state index contributed by atoms with van der Waals surface area (Å²) in [4.78, 5) is 12.7. The maximum atomic E-state index is 12.7. The lowest BCUT2D eigenvalue weighted by atomic mass is 10.0. The Balaban J connectivity index is 1.52. The Morgan fingerprint density at radius 1 is 0.900 bits per heavy atom. The highest BCUT2D eigenvalue weighted by atomic mass is 32.2. The molecule has 0 radical (unpaired) electrons. The van der Waals surface area contributed by atoms with E-state index in [0.29, 0.717) is 18.8 Å². The number of carbonyl (C=O) groups excluding carboxylic acids is 1. The first-order chi connectivity index (χ1) is 14.4. The molecule has 1 amide bonds. The van der Waals surface area contributed by atoms with Crippen molar-refractivity contribution >= 4 is 32.4 Å². The van der Waals surface area contributed by atoms with Gasteiger partial charge in [0.1, 0.15) is 0 Å². The van der Waals surface area contributed by atoms with E-state index in [-0.39, 0.29) is 10.5 Å². The summed E-state index contributed by atoms with van der Waals surface area (Å²) in [6.45, 7) is 2.86. The molecule has 7 heteroatoms. The van der Waals surface area contributed by atoms with Crippen LogP contribution in [0.15, 0.2) is 76.7 Å². The lowest BCUT2D eigenvalue weighted by Crippen LogP contribution is -2.28. The predicted octanol–water partition coefficient (Wildman–Crippen LogP) is 3.78. The summed E-state index contributed by atoms with van der Waals surface area (Å²) in [5, 5.41) is 6.43. The van der Waals surface area contributed by atoms with Crippen LogP contribution in [0, 0.1) is 0 Å². The van der Waals surface area contributed by atoms with Gasteiger partial charge in [0, 0.05) is 18.7 Å². The molecule has 3 aromatic carbocycles. The topological polar surface area (TPSA) is 78.8 Å². The fourth-order valence-electron chi connectivity index (χ4n) is 3.55. The number of sulfonamides is 1. The van der Waals surface area contributed by atoms with E-state index >= 15 is 0 Å². The fourth-order valence-corrected chi connectivity index (χ4v) is 5.12. The molecular formula is C23H23N3O3S. The molecule has 0 bridgehead atoms. The van der Waals surface area contributed by atoms with Crippen LogP contribution in [-0.4, -0.2) is 37.4 Å². The van der Waals surface area contributed by atoms with E-state index in [1.54, 1.807) is 12.1 Å². The third-order valence-electron chi connectivity index (χ3n) is 5.29. The molecule has 3 aromatic rings. The maximum Gasteiger partial charge on any atom is 0.271 e. The summed E-state index contributed by atoms with van der Waals surface area (Å²) in [6.07, 6.45) is 1.73. The maximum absolute atomic E-state index is 12.7. The highest BCUT2D eigenvalue weighted by molar-refractivity contribution is 7.89. The van der Waals surface area contributed by atoms with E-state index in [2.05, 4.69) is 10.5 Å². The number of nitrogens with one attached hydrogen (secondary N) is 1. The Hall–Kier alpha value is -3.03. The molecule has 0 spiro atoms. The van der Waals surface area contributed by atoms with Crippen LogP contribution in [0.3, 0.4) is 0 Å². The molecule has 0 aromatic heterocycles. The Morgan fingerprint density at radius 3 is 2.40 bits per heavy atom. The van der Waals surface area contributed by atoms with Gasteiger partial charge in [-0.25, -0.2) is 13.8 Å². The van der Waals surface area contributed by atoms with Crippen LogP contribution in [-0.2, 0) is 10.0 Å². The van der Waals surface area contributed by atoms with E-state index < -0.39 is 15.9 Å². The monoisotopic (exact) mass is 421 g/mol. The van der Waals surface area contributed by atoms with Crippen molar-refractivity contribution in [1.82, 2.24) is 9.73 Å². The minimum Gasteiger partial charge on any atom is -0.267 e. The summed E-state index contributed by atoms with van der Waals surface area (Å²) in [6, 6.07) is 20.1. The Bertz CT molecular complexity index is 1230. The first kappa shape index (κ1) is 20.3. The number of hydrogen-bond acceptors (Lipinski definition) is 4. The standard InChI is InChI=1S/C23H23N3O3S/c1-17(19-12-11-18-7-2-3-8-20(18)15-19)24-25-23(27)21-9-6-10-22(16-21)30(28,29)26-13-4-5-14-26/h2-3,6-12,15-16H,4-5,13-14H2,1H3,(H,25,27). The smallest absolute Gasteiger partial charge is 0.267 e. The van der Waals surface area contributed by atoms with E-state index in [1.165, 1.54) is 16.4 Å². The summed E-state index contributed by atoms with van der Waals surface area (Å²) >= 11 is 0. The molecule has 1 heterocycles. The van der Waals surface area contributed by atoms with Crippen LogP contribution in [0.1, 0.15) is 35.7 Å². The molecule has 30 heavy (non-hydrogen) atoms. The largest absolute Gasteiger partial charge is 0.271 e. The van der Waals surface area contributed by atoms with Crippen LogP contribution in [0.2, 0.25) is 0 Å². The van der Waals surface area contributed by atoms with Crippen LogP contribution >= 0.6 is 0 Å². The molecular weight excluding hydrogens is 398 g/mol. The Morgan fingerprint density at radius 2 is 1.63 bits per heavy atom. The molecule has 4 rings (SSSR count). The minimum atomic E-state index is -3.57. The summed E-state index contributed by atoms with van der Waals surface area (Å²) < 4.78 is 26.9. The average molecular weight is 422 g/mol. The highest BCUT2D eigenvalue weighted by Gasteiger charge is 2.27. The van der Waals surface area contributed by atoms with Crippen molar-refractivity contribution in [2.24, 2.45) is 5.10 Å². The zero-order valence-electron chi connectivity index (χ0n) is 16.7. The number of carbonyl (C=O) groups is 1.